The fourth-order valence-electron chi connectivity index (χ4n) is 2.58. The molecular formula is C18H18ClN3O2. The lowest BCUT2D eigenvalue weighted by Gasteiger charge is -2.13. The zero-order valence-electron chi connectivity index (χ0n) is 13.5. The summed E-state index contributed by atoms with van der Waals surface area (Å²) >= 11 is 6.07. The molecule has 24 heavy (non-hydrogen) atoms. The monoisotopic (exact) mass is 343 g/mol. The van der Waals surface area contributed by atoms with Gasteiger partial charge in [0, 0.05) is 5.02 Å². The van der Waals surface area contributed by atoms with Crippen LogP contribution in [0.2, 0.25) is 5.02 Å². The summed E-state index contributed by atoms with van der Waals surface area (Å²) in [5.74, 6) is 0.649. The number of halogens is 1. The Bertz CT molecular complexity index is 838. The van der Waals surface area contributed by atoms with Gasteiger partial charge in [-0.2, -0.15) is 5.10 Å². The molecule has 1 N–H and O–H groups in total. The summed E-state index contributed by atoms with van der Waals surface area (Å²) in [4.78, 5) is 12.5. The highest BCUT2D eigenvalue weighted by atomic mass is 35.5. The van der Waals surface area contributed by atoms with E-state index in [0.29, 0.717) is 22.9 Å². The molecular weight excluding hydrogens is 326 g/mol. The van der Waals surface area contributed by atoms with Crippen LogP contribution < -0.4 is 5.32 Å². The van der Waals surface area contributed by atoms with Crippen LogP contribution in [0.5, 0.6) is 0 Å². The molecule has 2 aromatic heterocycles. The van der Waals surface area contributed by atoms with Crippen LogP contribution in [0.25, 0.3) is 5.69 Å². The van der Waals surface area contributed by atoms with Crippen LogP contribution in [0.15, 0.2) is 53.3 Å². The molecule has 0 fully saturated rings. The Balaban J connectivity index is 1.89. The smallest absolute Gasteiger partial charge is 0.255 e. The fourth-order valence-corrected chi connectivity index (χ4v) is 2.76. The predicted molar refractivity (Wildman–Crippen MR) is 92.5 cm³/mol. The molecule has 0 aliphatic heterocycles. The summed E-state index contributed by atoms with van der Waals surface area (Å²) in [5, 5.41) is 7.88. The van der Waals surface area contributed by atoms with Crippen molar-refractivity contribution in [3.05, 3.63) is 70.9 Å². The first-order chi connectivity index (χ1) is 11.6. The number of rotatable bonds is 5. The quantitative estimate of drug-likeness (QED) is 0.756. The van der Waals surface area contributed by atoms with E-state index >= 15 is 0 Å². The molecule has 1 aromatic carbocycles. The lowest BCUT2D eigenvalue weighted by Crippen LogP contribution is -2.24. The number of hydrogen-bond donors (Lipinski definition) is 1. The van der Waals surface area contributed by atoms with E-state index in [4.69, 9.17) is 16.0 Å². The third-order valence-electron chi connectivity index (χ3n) is 3.65. The van der Waals surface area contributed by atoms with Crippen molar-refractivity contribution in [2.45, 2.75) is 26.3 Å². The molecule has 6 heteroatoms. The molecule has 3 rings (SSSR count). The molecule has 0 atom stereocenters. The predicted octanol–water partition coefficient (Wildman–Crippen LogP) is 4.17. The molecule has 0 unspecified atom stereocenters. The molecule has 2 heterocycles. The summed E-state index contributed by atoms with van der Waals surface area (Å²) in [6, 6.07) is 11.0. The number of amides is 1. The highest BCUT2D eigenvalue weighted by Crippen LogP contribution is 2.24. The zero-order chi connectivity index (χ0) is 17.1. The van der Waals surface area contributed by atoms with E-state index in [1.54, 1.807) is 29.3 Å². The summed E-state index contributed by atoms with van der Waals surface area (Å²) in [6.45, 7) is 4.40. The minimum absolute atomic E-state index is 0.121. The van der Waals surface area contributed by atoms with Crippen LogP contribution in [0.4, 0.5) is 0 Å². The highest BCUT2D eigenvalue weighted by Gasteiger charge is 2.21. The molecule has 1 amide bonds. The van der Waals surface area contributed by atoms with Gasteiger partial charge in [-0.15, -0.1) is 0 Å². The van der Waals surface area contributed by atoms with E-state index in [2.05, 4.69) is 10.4 Å². The maximum absolute atomic E-state index is 12.5. The van der Waals surface area contributed by atoms with Crippen molar-refractivity contribution in [3.63, 3.8) is 0 Å². The number of nitrogens with zero attached hydrogens (tertiary/aromatic N) is 2. The van der Waals surface area contributed by atoms with Gasteiger partial charge in [-0.25, -0.2) is 4.68 Å². The molecule has 0 saturated carbocycles. The van der Waals surface area contributed by atoms with Gasteiger partial charge >= 0.3 is 0 Å². The first-order valence-electron chi connectivity index (χ1n) is 7.70. The van der Waals surface area contributed by atoms with Crippen LogP contribution >= 0.6 is 11.6 Å². The Kier molecular flexibility index (Phi) is 4.71. The van der Waals surface area contributed by atoms with E-state index in [9.17, 15) is 4.79 Å². The molecule has 0 bridgehead atoms. The van der Waals surface area contributed by atoms with Crippen molar-refractivity contribution in [1.29, 1.82) is 0 Å². The van der Waals surface area contributed by atoms with Crippen LogP contribution in [-0.4, -0.2) is 15.7 Å². The van der Waals surface area contributed by atoms with E-state index in [-0.39, 0.29) is 11.8 Å². The van der Waals surface area contributed by atoms with Gasteiger partial charge < -0.3 is 9.73 Å². The molecule has 0 aliphatic rings. The van der Waals surface area contributed by atoms with E-state index in [1.165, 1.54) is 0 Å². The third kappa shape index (κ3) is 3.36. The van der Waals surface area contributed by atoms with Gasteiger partial charge in [0.25, 0.3) is 5.91 Å². The van der Waals surface area contributed by atoms with Crippen molar-refractivity contribution >= 4 is 17.5 Å². The number of hydrogen-bond acceptors (Lipinski definition) is 3. The minimum Gasteiger partial charge on any atom is -0.467 e. The van der Waals surface area contributed by atoms with E-state index in [0.717, 1.165) is 11.4 Å². The molecule has 0 spiro atoms. The molecule has 3 aromatic rings. The number of carbonyl (C=O) groups excluding carboxylic acids is 1. The van der Waals surface area contributed by atoms with Crippen LogP contribution in [-0.2, 0) is 6.54 Å². The Morgan fingerprint density at radius 1 is 1.33 bits per heavy atom. The fraction of sp³-hybridized carbons (Fsp3) is 0.222. The first kappa shape index (κ1) is 16.3. The van der Waals surface area contributed by atoms with Crippen LogP contribution in [0, 0.1) is 0 Å². The number of furan rings is 1. The van der Waals surface area contributed by atoms with Crippen molar-refractivity contribution < 1.29 is 9.21 Å². The molecule has 0 aliphatic carbocycles. The molecule has 0 saturated heterocycles. The van der Waals surface area contributed by atoms with Crippen molar-refractivity contribution in [2.24, 2.45) is 0 Å². The number of carbonyl (C=O) groups is 1. The Morgan fingerprint density at radius 2 is 2.17 bits per heavy atom. The third-order valence-corrected chi connectivity index (χ3v) is 3.89. The lowest BCUT2D eigenvalue weighted by atomic mass is 10.0. The molecule has 124 valence electrons. The zero-order valence-corrected chi connectivity index (χ0v) is 14.2. The average Bonchev–Trinajstić information content (AvgIpc) is 3.22. The molecule has 0 radical (unpaired) electrons. The first-order valence-corrected chi connectivity index (χ1v) is 8.08. The maximum atomic E-state index is 12.5. The van der Waals surface area contributed by atoms with Gasteiger partial charge in [-0.1, -0.05) is 31.5 Å². The van der Waals surface area contributed by atoms with Crippen LogP contribution in [0.3, 0.4) is 0 Å². The van der Waals surface area contributed by atoms with Gasteiger partial charge in [0.15, 0.2) is 0 Å². The van der Waals surface area contributed by atoms with Gasteiger partial charge in [0.1, 0.15) is 5.76 Å². The standard InChI is InChI=1S/C18H18ClN3O2/c1-12(2)17-16(18(23)20-10-15-7-4-8-24-15)11-21-22(17)14-6-3-5-13(19)9-14/h3-9,11-12H,10H2,1-2H3,(H,20,23). The van der Waals surface area contributed by atoms with Crippen molar-refractivity contribution in [3.8, 4) is 5.69 Å². The topological polar surface area (TPSA) is 60.1 Å². The Labute approximate surface area is 145 Å². The Hall–Kier alpha value is -2.53. The molecule has 5 nitrogen and oxygen atoms in total. The maximum Gasteiger partial charge on any atom is 0.255 e. The van der Waals surface area contributed by atoms with E-state index in [1.807, 2.05) is 38.1 Å². The highest BCUT2D eigenvalue weighted by molar-refractivity contribution is 6.30. The summed E-state index contributed by atoms with van der Waals surface area (Å²) in [5.41, 5.74) is 2.22. The average molecular weight is 344 g/mol. The summed E-state index contributed by atoms with van der Waals surface area (Å²) in [7, 11) is 0. The van der Waals surface area contributed by atoms with Crippen molar-refractivity contribution in [1.82, 2.24) is 15.1 Å². The summed E-state index contributed by atoms with van der Waals surface area (Å²) in [6.07, 6.45) is 3.17. The SMILES string of the molecule is CC(C)c1c(C(=O)NCc2ccco2)cnn1-c1cccc(Cl)c1. The van der Waals surface area contributed by atoms with E-state index < -0.39 is 0 Å². The second kappa shape index (κ2) is 6.93. The minimum atomic E-state index is -0.177. The largest absolute Gasteiger partial charge is 0.467 e. The van der Waals surface area contributed by atoms with Gasteiger partial charge in [-0.05, 0) is 36.2 Å². The normalized spacial score (nSPS) is 11.0. The lowest BCUT2D eigenvalue weighted by molar-refractivity contribution is 0.0946. The van der Waals surface area contributed by atoms with Gasteiger partial charge in [0.2, 0.25) is 0 Å². The summed E-state index contributed by atoms with van der Waals surface area (Å²) < 4.78 is 7.00. The van der Waals surface area contributed by atoms with Gasteiger partial charge in [-0.3, -0.25) is 4.79 Å². The number of benzene rings is 1. The van der Waals surface area contributed by atoms with Gasteiger partial charge in [0.05, 0.1) is 35.9 Å². The van der Waals surface area contributed by atoms with Crippen LogP contribution in [0.1, 0.15) is 41.6 Å². The second-order valence-electron chi connectivity index (χ2n) is 5.75. The number of nitrogens with one attached hydrogen (secondary N) is 1. The second-order valence-corrected chi connectivity index (χ2v) is 6.19. The number of aromatic nitrogens is 2. The Morgan fingerprint density at radius 3 is 2.83 bits per heavy atom. The van der Waals surface area contributed by atoms with Crippen molar-refractivity contribution in [2.75, 3.05) is 0 Å².